The number of halogens is 4. The van der Waals surface area contributed by atoms with E-state index in [-0.39, 0.29) is 11.6 Å². The Labute approximate surface area is 152 Å². The largest absolute Gasteiger partial charge is 0.439 e. The van der Waals surface area contributed by atoms with Gasteiger partial charge in [0.25, 0.3) is 0 Å². The van der Waals surface area contributed by atoms with Crippen LogP contribution in [0.25, 0.3) is 0 Å². The number of anilines is 1. The molecule has 2 heterocycles. The third-order valence-electron chi connectivity index (χ3n) is 3.43. The zero-order chi connectivity index (χ0) is 18.6. The lowest BCUT2D eigenvalue weighted by Gasteiger charge is -2.13. The molecule has 4 nitrogen and oxygen atoms in total. The topological polar surface area (TPSA) is 47.0 Å². The lowest BCUT2D eigenvalue weighted by molar-refractivity contribution is -0.137. The van der Waals surface area contributed by atoms with E-state index < -0.39 is 11.7 Å². The molecular formula is C18H13ClF3N3O. The Kier molecular flexibility index (Phi) is 5.27. The fraction of sp³-hybridized carbons (Fsp3) is 0.111. The molecule has 3 aromatic rings. The molecule has 0 bridgehead atoms. The molecule has 0 atom stereocenters. The quantitative estimate of drug-likeness (QED) is 0.631. The van der Waals surface area contributed by atoms with Gasteiger partial charge in [0.2, 0.25) is 5.88 Å². The van der Waals surface area contributed by atoms with Gasteiger partial charge in [-0.1, -0.05) is 23.7 Å². The van der Waals surface area contributed by atoms with E-state index in [1.807, 2.05) is 0 Å². The second kappa shape index (κ2) is 7.61. The molecule has 134 valence electrons. The highest BCUT2D eigenvalue weighted by Crippen LogP contribution is 2.33. The number of rotatable bonds is 5. The van der Waals surface area contributed by atoms with E-state index in [9.17, 15) is 13.2 Å². The zero-order valence-electron chi connectivity index (χ0n) is 13.3. The minimum absolute atomic E-state index is 0.0515. The standard InChI is InChI=1S/C18H13ClF3N3O/c19-15-7-3-8-23-16(15)25-11-12-4-2-9-24-17(12)26-14-6-1-5-13(10-14)18(20,21)22/h1-10H,11H2,(H,23,25). The van der Waals surface area contributed by atoms with Gasteiger partial charge in [-0.2, -0.15) is 13.2 Å². The van der Waals surface area contributed by atoms with E-state index in [0.29, 0.717) is 22.9 Å². The van der Waals surface area contributed by atoms with Crippen LogP contribution >= 0.6 is 11.6 Å². The maximum Gasteiger partial charge on any atom is 0.416 e. The van der Waals surface area contributed by atoms with Crippen molar-refractivity contribution in [1.29, 1.82) is 0 Å². The zero-order valence-corrected chi connectivity index (χ0v) is 14.1. The lowest BCUT2D eigenvalue weighted by Crippen LogP contribution is -2.06. The Morgan fingerprint density at radius 2 is 1.77 bits per heavy atom. The first-order valence-electron chi connectivity index (χ1n) is 7.57. The summed E-state index contributed by atoms with van der Waals surface area (Å²) in [6.07, 6.45) is -1.35. The predicted molar refractivity (Wildman–Crippen MR) is 92.3 cm³/mol. The molecule has 0 radical (unpaired) electrons. The van der Waals surface area contributed by atoms with Crippen molar-refractivity contribution in [1.82, 2.24) is 9.97 Å². The normalized spacial score (nSPS) is 11.2. The molecule has 0 unspecified atom stereocenters. The number of nitrogens with one attached hydrogen (secondary N) is 1. The minimum Gasteiger partial charge on any atom is -0.439 e. The Balaban J connectivity index is 1.79. The number of benzene rings is 1. The molecule has 1 aromatic carbocycles. The average molecular weight is 380 g/mol. The molecule has 3 rings (SSSR count). The number of alkyl halides is 3. The van der Waals surface area contributed by atoms with Crippen molar-refractivity contribution in [3.63, 3.8) is 0 Å². The van der Waals surface area contributed by atoms with Crippen molar-refractivity contribution in [3.8, 4) is 11.6 Å². The van der Waals surface area contributed by atoms with E-state index in [1.54, 1.807) is 30.5 Å². The third kappa shape index (κ3) is 4.43. The number of nitrogens with zero attached hydrogens (tertiary/aromatic N) is 2. The Bertz CT molecular complexity index is 903. The highest BCUT2D eigenvalue weighted by atomic mass is 35.5. The monoisotopic (exact) mass is 379 g/mol. The van der Waals surface area contributed by atoms with Gasteiger partial charge >= 0.3 is 6.18 Å². The fourth-order valence-corrected chi connectivity index (χ4v) is 2.38. The smallest absolute Gasteiger partial charge is 0.416 e. The molecule has 0 fully saturated rings. The Hall–Kier alpha value is -2.80. The van der Waals surface area contributed by atoms with Crippen molar-refractivity contribution in [2.45, 2.75) is 12.7 Å². The molecule has 0 aliphatic heterocycles. The van der Waals surface area contributed by atoms with Gasteiger partial charge in [0, 0.05) is 24.5 Å². The van der Waals surface area contributed by atoms with E-state index in [2.05, 4.69) is 15.3 Å². The summed E-state index contributed by atoms with van der Waals surface area (Å²) in [5, 5.41) is 3.50. The predicted octanol–water partition coefficient (Wildman–Crippen LogP) is 5.55. The van der Waals surface area contributed by atoms with Gasteiger partial charge in [-0.3, -0.25) is 0 Å². The van der Waals surface area contributed by atoms with Crippen LogP contribution in [0.5, 0.6) is 11.6 Å². The maximum absolute atomic E-state index is 12.8. The number of hydrogen-bond donors (Lipinski definition) is 1. The van der Waals surface area contributed by atoms with Crippen molar-refractivity contribution in [3.05, 3.63) is 77.1 Å². The molecule has 8 heteroatoms. The summed E-state index contributed by atoms with van der Waals surface area (Å²) in [6, 6.07) is 11.5. The van der Waals surface area contributed by atoms with Gasteiger partial charge in [0.05, 0.1) is 10.6 Å². The van der Waals surface area contributed by atoms with Crippen LogP contribution in [0.4, 0.5) is 19.0 Å². The molecule has 0 spiro atoms. The molecule has 26 heavy (non-hydrogen) atoms. The molecule has 0 aliphatic rings. The van der Waals surface area contributed by atoms with E-state index >= 15 is 0 Å². The van der Waals surface area contributed by atoms with Gasteiger partial charge in [-0.25, -0.2) is 9.97 Å². The van der Waals surface area contributed by atoms with Crippen molar-refractivity contribution >= 4 is 17.4 Å². The van der Waals surface area contributed by atoms with Crippen molar-refractivity contribution in [2.75, 3.05) is 5.32 Å². The summed E-state index contributed by atoms with van der Waals surface area (Å²) >= 11 is 6.04. The average Bonchev–Trinajstić information content (AvgIpc) is 2.62. The first-order chi connectivity index (χ1) is 12.4. The van der Waals surface area contributed by atoms with Gasteiger partial charge < -0.3 is 10.1 Å². The first-order valence-corrected chi connectivity index (χ1v) is 7.94. The fourth-order valence-electron chi connectivity index (χ4n) is 2.19. The summed E-state index contributed by atoms with van der Waals surface area (Å²) < 4.78 is 44.1. The lowest BCUT2D eigenvalue weighted by atomic mass is 10.2. The van der Waals surface area contributed by atoms with Crippen LogP contribution in [0.1, 0.15) is 11.1 Å². The SMILES string of the molecule is FC(F)(F)c1cccc(Oc2ncccc2CNc2ncccc2Cl)c1. The summed E-state index contributed by atoms with van der Waals surface area (Å²) in [7, 11) is 0. The highest BCUT2D eigenvalue weighted by Gasteiger charge is 2.30. The van der Waals surface area contributed by atoms with E-state index in [1.165, 1.54) is 18.3 Å². The van der Waals surface area contributed by atoms with E-state index in [0.717, 1.165) is 12.1 Å². The van der Waals surface area contributed by atoms with E-state index in [4.69, 9.17) is 16.3 Å². The molecular weight excluding hydrogens is 367 g/mol. The maximum atomic E-state index is 12.8. The van der Waals surface area contributed by atoms with Gasteiger partial charge in [-0.05, 0) is 36.4 Å². The van der Waals surface area contributed by atoms with Gasteiger partial charge in [0.15, 0.2) is 0 Å². The van der Waals surface area contributed by atoms with Crippen molar-refractivity contribution in [2.24, 2.45) is 0 Å². The van der Waals surface area contributed by atoms with Gasteiger partial charge in [-0.15, -0.1) is 0 Å². The summed E-state index contributed by atoms with van der Waals surface area (Å²) in [6.45, 7) is 0.291. The Morgan fingerprint density at radius 1 is 1.00 bits per heavy atom. The highest BCUT2D eigenvalue weighted by molar-refractivity contribution is 6.32. The van der Waals surface area contributed by atoms with Crippen LogP contribution < -0.4 is 10.1 Å². The van der Waals surface area contributed by atoms with Crippen molar-refractivity contribution < 1.29 is 17.9 Å². The molecule has 0 saturated carbocycles. The molecule has 2 aromatic heterocycles. The van der Waals surface area contributed by atoms with Crippen LogP contribution in [0.3, 0.4) is 0 Å². The molecule has 0 aliphatic carbocycles. The Morgan fingerprint density at radius 3 is 2.54 bits per heavy atom. The summed E-state index contributed by atoms with van der Waals surface area (Å²) in [5.41, 5.74) is -0.141. The minimum atomic E-state index is -4.44. The number of hydrogen-bond acceptors (Lipinski definition) is 4. The second-order valence-electron chi connectivity index (χ2n) is 5.28. The summed E-state index contributed by atoms with van der Waals surface area (Å²) in [4.78, 5) is 8.22. The van der Waals surface area contributed by atoms with Crippen LogP contribution in [0, 0.1) is 0 Å². The summed E-state index contributed by atoms with van der Waals surface area (Å²) in [5.74, 6) is 0.741. The first kappa shape index (κ1) is 18.0. The van der Waals surface area contributed by atoms with Crippen LogP contribution in [-0.2, 0) is 12.7 Å². The van der Waals surface area contributed by atoms with Gasteiger partial charge in [0.1, 0.15) is 11.6 Å². The third-order valence-corrected chi connectivity index (χ3v) is 3.74. The molecule has 0 amide bonds. The second-order valence-corrected chi connectivity index (χ2v) is 5.69. The molecule has 1 N–H and O–H groups in total. The van der Waals surface area contributed by atoms with Crippen LogP contribution in [0.2, 0.25) is 5.02 Å². The van der Waals surface area contributed by atoms with Crippen LogP contribution in [0.15, 0.2) is 60.9 Å². The number of ether oxygens (including phenoxy) is 1. The number of pyridine rings is 2. The molecule has 0 saturated heterocycles. The number of aromatic nitrogens is 2. The van der Waals surface area contributed by atoms with Crippen LogP contribution in [-0.4, -0.2) is 9.97 Å².